The molecule has 4 heteroatoms. The molecule has 19 heavy (non-hydrogen) atoms. The summed E-state index contributed by atoms with van der Waals surface area (Å²) in [6.45, 7) is 3.82. The maximum Gasteiger partial charge on any atom is 0.0605 e. The summed E-state index contributed by atoms with van der Waals surface area (Å²) in [6, 6.07) is 4.68. The molecule has 106 valence electrons. The normalized spacial score (nSPS) is 18.6. The molecule has 1 aromatic heterocycles. The van der Waals surface area contributed by atoms with Crippen molar-refractivity contribution < 1.29 is 4.74 Å². The molecule has 0 saturated heterocycles. The average Bonchev–Trinajstić information content (AvgIpc) is 2.45. The molecule has 1 aliphatic rings. The topological polar surface area (TPSA) is 37.4 Å². The Hall–Kier alpha value is -0.970. The third kappa shape index (κ3) is 4.27. The number of hydrogen-bond donors (Lipinski definition) is 1. The first-order chi connectivity index (χ1) is 9.31. The Morgan fingerprint density at radius 3 is 3.21 bits per heavy atom. The third-order valence-electron chi connectivity index (χ3n) is 3.76. The van der Waals surface area contributed by atoms with Crippen molar-refractivity contribution in [3.63, 3.8) is 0 Å². The maximum atomic E-state index is 5.08. The zero-order valence-electron chi connectivity index (χ0n) is 12.1. The first-order valence-electron chi connectivity index (χ1n) is 7.16. The van der Waals surface area contributed by atoms with E-state index in [0.717, 1.165) is 26.2 Å². The summed E-state index contributed by atoms with van der Waals surface area (Å²) < 4.78 is 5.08. The highest BCUT2D eigenvalue weighted by Crippen LogP contribution is 2.27. The van der Waals surface area contributed by atoms with Gasteiger partial charge < -0.3 is 15.0 Å². The van der Waals surface area contributed by atoms with Crippen LogP contribution in [0.1, 0.15) is 30.1 Å². The quantitative estimate of drug-likeness (QED) is 0.811. The molecule has 0 radical (unpaired) electrons. The van der Waals surface area contributed by atoms with Crippen molar-refractivity contribution in [1.29, 1.82) is 0 Å². The molecule has 1 aliphatic carbocycles. The van der Waals surface area contributed by atoms with Crippen LogP contribution in [0, 0.1) is 0 Å². The number of fused-ring (bicyclic) bond motifs is 1. The first kappa shape index (κ1) is 14.4. The summed E-state index contributed by atoms with van der Waals surface area (Å²) in [5.74, 6) is 0. The van der Waals surface area contributed by atoms with Crippen LogP contribution in [-0.2, 0) is 11.2 Å². The molecule has 1 heterocycles. The van der Waals surface area contributed by atoms with Gasteiger partial charge in [0.15, 0.2) is 0 Å². The van der Waals surface area contributed by atoms with Gasteiger partial charge in [0, 0.05) is 39.0 Å². The second-order valence-electron chi connectivity index (χ2n) is 5.24. The largest absolute Gasteiger partial charge is 0.383 e. The van der Waals surface area contributed by atoms with Crippen LogP contribution in [0.4, 0.5) is 0 Å². The van der Waals surface area contributed by atoms with Gasteiger partial charge in [-0.3, -0.25) is 4.98 Å². The lowest BCUT2D eigenvalue weighted by Crippen LogP contribution is -2.34. The van der Waals surface area contributed by atoms with Crippen molar-refractivity contribution in [3.05, 3.63) is 29.6 Å². The molecule has 1 atom stereocenters. The van der Waals surface area contributed by atoms with Crippen LogP contribution < -0.4 is 5.32 Å². The third-order valence-corrected chi connectivity index (χ3v) is 3.76. The Morgan fingerprint density at radius 2 is 2.37 bits per heavy atom. The van der Waals surface area contributed by atoms with Crippen LogP contribution in [0.5, 0.6) is 0 Å². The molecule has 0 aliphatic heterocycles. The zero-order chi connectivity index (χ0) is 13.5. The lowest BCUT2D eigenvalue weighted by Gasteiger charge is -2.26. The van der Waals surface area contributed by atoms with E-state index in [2.05, 4.69) is 28.3 Å². The summed E-state index contributed by atoms with van der Waals surface area (Å²) in [7, 11) is 3.88. The fourth-order valence-corrected chi connectivity index (χ4v) is 2.60. The number of nitrogens with zero attached hydrogens (tertiary/aromatic N) is 2. The zero-order valence-corrected chi connectivity index (χ0v) is 12.1. The van der Waals surface area contributed by atoms with Gasteiger partial charge in [0.2, 0.25) is 0 Å². The number of pyridine rings is 1. The van der Waals surface area contributed by atoms with Gasteiger partial charge >= 0.3 is 0 Å². The number of aryl methyl sites for hydroxylation is 1. The Balaban J connectivity index is 1.78. The smallest absolute Gasteiger partial charge is 0.0605 e. The Kier molecular flexibility index (Phi) is 5.76. The number of ether oxygens (including phenoxy) is 1. The molecule has 0 amide bonds. The van der Waals surface area contributed by atoms with E-state index >= 15 is 0 Å². The van der Waals surface area contributed by atoms with Gasteiger partial charge in [-0.05, 0) is 37.9 Å². The minimum absolute atomic E-state index is 0.431. The highest BCUT2D eigenvalue weighted by molar-refractivity contribution is 5.25. The van der Waals surface area contributed by atoms with Gasteiger partial charge in [-0.2, -0.15) is 0 Å². The standard InChI is InChI=1S/C15H25N3O/c1-18(11-12-19-2)10-9-16-14-7-3-5-13-6-4-8-17-15(13)14/h4,6,8,14,16H,3,5,7,9-12H2,1-2H3. The minimum atomic E-state index is 0.431. The van der Waals surface area contributed by atoms with E-state index < -0.39 is 0 Å². The van der Waals surface area contributed by atoms with E-state index in [9.17, 15) is 0 Å². The Morgan fingerprint density at radius 1 is 1.47 bits per heavy atom. The number of aromatic nitrogens is 1. The second kappa shape index (κ2) is 7.58. The molecule has 1 N–H and O–H groups in total. The van der Waals surface area contributed by atoms with E-state index in [1.807, 2.05) is 12.3 Å². The number of methoxy groups -OCH3 is 1. The Bertz CT molecular complexity index is 383. The molecule has 0 bridgehead atoms. The van der Waals surface area contributed by atoms with Gasteiger partial charge in [0.25, 0.3) is 0 Å². The molecule has 4 nitrogen and oxygen atoms in total. The highest BCUT2D eigenvalue weighted by atomic mass is 16.5. The molecule has 0 fully saturated rings. The van der Waals surface area contributed by atoms with Crippen LogP contribution in [0.2, 0.25) is 0 Å². The molecule has 2 rings (SSSR count). The van der Waals surface area contributed by atoms with Crippen LogP contribution >= 0.6 is 0 Å². The van der Waals surface area contributed by atoms with Crippen molar-refractivity contribution >= 4 is 0 Å². The van der Waals surface area contributed by atoms with Gasteiger partial charge in [0.05, 0.1) is 12.3 Å². The maximum absolute atomic E-state index is 5.08. The monoisotopic (exact) mass is 263 g/mol. The first-order valence-corrected chi connectivity index (χ1v) is 7.16. The summed E-state index contributed by atoms with van der Waals surface area (Å²) >= 11 is 0. The number of hydrogen-bond acceptors (Lipinski definition) is 4. The van der Waals surface area contributed by atoms with Gasteiger partial charge in [0.1, 0.15) is 0 Å². The average molecular weight is 263 g/mol. The van der Waals surface area contributed by atoms with Crippen LogP contribution in [0.15, 0.2) is 18.3 Å². The van der Waals surface area contributed by atoms with Crippen LogP contribution in [0.25, 0.3) is 0 Å². The van der Waals surface area contributed by atoms with E-state index in [1.54, 1.807) is 7.11 Å². The van der Waals surface area contributed by atoms with Gasteiger partial charge in [-0.15, -0.1) is 0 Å². The van der Waals surface area contributed by atoms with E-state index in [1.165, 1.54) is 30.5 Å². The molecule has 1 unspecified atom stereocenters. The molecule has 0 saturated carbocycles. The number of nitrogens with one attached hydrogen (secondary N) is 1. The highest BCUT2D eigenvalue weighted by Gasteiger charge is 2.20. The van der Waals surface area contributed by atoms with Crippen molar-refractivity contribution in [2.45, 2.75) is 25.3 Å². The molecule has 1 aromatic rings. The van der Waals surface area contributed by atoms with Crippen molar-refractivity contribution in [3.8, 4) is 0 Å². The molecule has 0 aromatic carbocycles. The van der Waals surface area contributed by atoms with Crippen molar-refractivity contribution in [1.82, 2.24) is 15.2 Å². The molecular weight excluding hydrogens is 238 g/mol. The number of likely N-dealkylation sites (N-methyl/N-ethyl adjacent to an activating group) is 1. The molecular formula is C15H25N3O. The summed E-state index contributed by atoms with van der Waals surface area (Å²) in [4.78, 5) is 6.84. The van der Waals surface area contributed by atoms with E-state index in [4.69, 9.17) is 4.74 Å². The van der Waals surface area contributed by atoms with E-state index in [-0.39, 0.29) is 0 Å². The Labute approximate surface area is 116 Å². The lowest BCUT2D eigenvalue weighted by atomic mass is 9.92. The van der Waals surface area contributed by atoms with Crippen LogP contribution in [-0.4, -0.2) is 50.3 Å². The predicted molar refractivity (Wildman–Crippen MR) is 77.3 cm³/mol. The van der Waals surface area contributed by atoms with Crippen molar-refractivity contribution in [2.24, 2.45) is 0 Å². The van der Waals surface area contributed by atoms with Crippen molar-refractivity contribution in [2.75, 3.05) is 40.4 Å². The summed E-state index contributed by atoms with van der Waals surface area (Å²) in [5, 5.41) is 3.64. The second-order valence-corrected chi connectivity index (χ2v) is 5.24. The van der Waals surface area contributed by atoms with Gasteiger partial charge in [-0.25, -0.2) is 0 Å². The SMILES string of the molecule is COCCN(C)CCNC1CCCc2cccnc21. The fraction of sp³-hybridized carbons (Fsp3) is 0.667. The lowest BCUT2D eigenvalue weighted by molar-refractivity contribution is 0.161. The number of rotatable bonds is 7. The summed E-state index contributed by atoms with van der Waals surface area (Å²) in [6.07, 6.45) is 5.54. The fourth-order valence-electron chi connectivity index (χ4n) is 2.60. The predicted octanol–water partition coefficient (Wildman–Crippen LogP) is 1.63. The van der Waals surface area contributed by atoms with E-state index in [0.29, 0.717) is 6.04 Å². The van der Waals surface area contributed by atoms with Crippen LogP contribution in [0.3, 0.4) is 0 Å². The van der Waals surface area contributed by atoms with Gasteiger partial charge in [-0.1, -0.05) is 6.07 Å². The summed E-state index contributed by atoms with van der Waals surface area (Å²) in [5.41, 5.74) is 2.67. The minimum Gasteiger partial charge on any atom is -0.383 e. The molecule has 0 spiro atoms.